The number of nitrogens with one attached hydrogen (secondary N) is 2. The summed E-state index contributed by atoms with van der Waals surface area (Å²) >= 11 is 0. The Balaban J connectivity index is 0.00000160. The monoisotopic (exact) mass is 373 g/mol. The molecule has 0 fully saturated rings. The van der Waals surface area contributed by atoms with Crippen molar-refractivity contribution in [3.8, 4) is 22.5 Å². The third-order valence-corrected chi connectivity index (χ3v) is 4.44. The molecule has 4 aromatic rings. The van der Waals surface area contributed by atoms with Gasteiger partial charge in [-0.2, -0.15) is 0 Å². The third kappa shape index (κ3) is 3.94. The number of amides is 2. The molecule has 5 heteroatoms. The number of rotatable bonds is 4. The van der Waals surface area contributed by atoms with Crippen LogP contribution in [-0.2, 0) is 0 Å². The predicted octanol–water partition coefficient (Wildman–Crippen LogP) is 6.45. The molecule has 0 radical (unpaired) electrons. The van der Waals surface area contributed by atoms with E-state index in [1.807, 2.05) is 60.7 Å². The van der Waals surface area contributed by atoms with Gasteiger partial charge in [-0.3, -0.25) is 0 Å². The second-order valence-electron chi connectivity index (χ2n) is 6.42. The summed E-state index contributed by atoms with van der Waals surface area (Å²) in [6.07, 6.45) is 3.13. The van der Waals surface area contributed by atoms with Crippen molar-refractivity contribution in [3.63, 3.8) is 0 Å². The van der Waals surface area contributed by atoms with Gasteiger partial charge < -0.3 is 15.1 Å². The average Bonchev–Trinajstić information content (AvgIpc) is 3.25. The molecule has 5 nitrogen and oxygen atoms in total. The number of aryl methyl sites for hydroxylation is 1. The lowest BCUT2D eigenvalue weighted by molar-refractivity contribution is 0.262. The highest BCUT2D eigenvalue weighted by atomic mass is 16.3. The molecule has 0 spiro atoms. The van der Waals surface area contributed by atoms with Crippen molar-refractivity contribution in [1.82, 2.24) is 4.98 Å². The molecular weight excluding hydrogens is 350 g/mol. The molecule has 0 aliphatic rings. The number of hydrogen-bond donors (Lipinski definition) is 2. The summed E-state index contributed by atoms with van der Waals surface area (Å²) in [5.74, 6) is 0.733. The van der Waals surface area contributed by atoms with Gasteiger partial charge in [-0.25, -0.2) is 9.78 Å². The Morgan fingerprint density at radius 3 is 2.25 bits per heavy atom. The Morgan fingerprint density at radius 1 is 0.893 bits per heavy atom. The van der Waals surface area contributed by atoms with Crippen LogP contribution in [0.3, 0.4) is 0 Å². The van der Waals surface area contributed by atoms with Gasteiger partial charge in [0.25, 0.3) is 0 Å². The van der Waals surface area contributed by atoms with E-state index in [2.05, 4.69) is 34.7 Å². The van der Waals surface area contributed by atoms with E-state index in [4.69, 9.17) is 4.42 Å². The summed E-state index contributed by atoms with van der Waals surface area (Å²) in [6, 6.07) is 23.0. The Labute approximate surface area is 166 Å². The Hall–Kier alpha value is -3.86. The summed E-state index contributed by atoms with van der Waals surface area (Å²) in [7, 11) is 0. The van der Waals surface area contributed by atoms with Gasteiger partial charge in [0, 0.05) is 19.8 Å². The highest BCUT2D eigenvalue weighted by molar-refractivity contribution is 5.99. The summed E-state index contributed by atoms with van der Waals surface area (Å²) in [4.78, 5) is 16.1. The lowest BCUT2D eigenvalue weighted by Crippen LogP contribution is -2.19. The van der Waals surface area contributed by atoms with E-state index in [1.165, 1.54) is 6.39 Å². The molecule has 4 rings (SSSR count). The maximum Gasteiger partial charge on any atom is 0.323 e. The van der Waals surface area contributed by atoms with Gasteiger partial charge >= 0.3 is 6.03 Å². The molecule has 0 unspecified atom stereocenters. The quantitative estimate of drug-likeness (QED) is 0.432. The van der Waals surface area contributed by atoms with Crippen molar-refractivity contribution in [2.45, 2.75) is 6.92 Å². The number of aromatic nitrogens is 1. The average molecular weight is 373 g/mol. The Morgan fingerprint density at radius 2 is 1.57 bits per heavy atom. The number of carbonyl (C=O) groups excluding carboxylic acids is 1. The van der Waals surface area contributed by atoms with E-state index in [1.54, 1.807) is 6.20 Å². The van der Waals surface area contributed by atoms with Gasteiger partial charge in [0.15, 0.2) is 12.2 Å². The maximum absolute atomic E-state index is 12.1. The zero-order valence-corrected chi connectivity index (χ0v) is 15.3. The van der Waals surface area contributed by atoms with Crippen LogP contribution in [-0.4, -0.2) is 11.0 Å². The van der Waals surface area contributed by atoms with Crippen LogP contribution in [0.15, 0.2) is 89.8 Å². The summed E-state index contributed by atoms with van der Waals surface area (Å²) in [6.45, 7) is 2.07. The van der Waals surface area contributed by atoms with Crippen molar-refractivity contribution < 1.29 is 12.1 Å². The molecule has 0 aliphatic heterocycles. The van der Waals surface area contributed by atoms with Gasteiger partial charge in [-0.05, 0) is 53.9 Å². The molecule has 0 atom stereocenters. The summed E-state index contributed by atoms with van der Waals surface area (Å²) < 4.78 is 5.40. The fourth-order valence-electron chi connectivity index (χ4n) is 2.99. The molecule has 0 aliphatic carbocycles. The van der Waals surface area contributed by atoms with E-state index >= 15 is 0 Å². The van der Waals surface area contributed by atoms with Crippen molar-refractivity contribution in [2.24, 2.45) is 0 Å². The molecule has 0 bridgehead atoms. The zero-order valence-electron chi connectivity index (χ0n) is 15.3. The van der Waals surface area contributed by atoms with Crippen LogP contribution in [0.4, 0.5) is 16.2 Å². The molecule has 0 saturated carbocycles. The fourth-order valence-corrected chi connectivity index (χ4v) is 2.99. The van der Waals surface area contributed by atoms with E-state index in [0.717, 1.165) is 39.4 Å². The van der Waals surface area contributed by atoms with Crippen LogP contribution >= 0.6 is 0 Å². The molecule has 2 N–H and O–H groups in total. The number of nitrogens with zero attached hydrogens (tertiary/aromatic N) is 1. The minimum atomic E-state index is -0.276. The fraction of sp³-hybridized carbons (Fsp3) is 0.0435. The normalized spacial score (nSPS) is 10.5. The Bertz CT molecular complexity index is 1080. The first-order chi connectivity index (χ1) is 13.7. The first-order valence-electron chi connectivity index (χ1n) is 8.92. The van der Waals surface area contributed by atoms with Crippen LogP contribution in [0.2, 0.25) is 0 Å². The lowest BCUT2D eigenvalue weighted by Gasteiger charge is -2.11. The summed E-state index contributed by atoms with van der Waals surface area (Å²) in [5, 5.41) is 5.65. The largest absolute Gasteiger partial charge is 0.444 e. The van der Waals surface area contributed by atoms with Gasteiger partial charge in [0.2, 0.25) is 0 Å². The van der Waals surface area contributed by atoms with Crippen LogP contribution in [0.25, 0.3) is 22.5 Å². The molecule has 28 heavy (non-hydrogen) atoms. The number of anilines is 2. The molecule has 2 amide bonds. The van der Waals surface area contributed by atoms with Gasteiger partial charge in [0.1, 0.15) is 0 Å². The van der Waals surface area contributed by atoms with Gasteiger partial charge in [-0.1, -0.05) is 42.5 Å². The number of para-hydroxylation sites is 1. The number of hydrogen-bond acceptors (Lipinski definition) is 3. The van der Waals surface area contributed by atoms with E-state index in [-0.39, 0.29) is 8.88 Å². The van der Waals surface area contributed by atoms with E-state index < -0.39 is 0 Å². The topological polar surface area (TPSA) is 67.2 Å². The number of urea groups is 1. The SMILES string of the molecule is Cc1ccc(-c2cnco2)cc1-c1ccc(NC(=O)Nc2ccccc2)cc1.[HH].[HH]. The van der Waals surface area contributed by atoms with Crippen molar-refractivity contribution in [1.29, 1.82) is 0 Å². The van der Waals surface area contributed by atoms with Crippen LogP contribution < -0.4 is 10.6 Å². The van der Waals surface area contributed by atoms with Crippen molar-refractivity contribution in [2.75, 3.05) is 10.6 Å². The minimum Gasteiger partial charge on any atom is -0.444 e. The highest BCUT2D eigenvalue weighted by Crippen LogP contribution is 2.30. The van der Waals surface area contributed by atoms with E-state index in [9.17, 15) is 4.79 Å². The zero-order chi connectivity index (χ0) is 19.3. The second kappa shape index (κ2) is 7.80. The van der Waals surface area contributed by atoms with E-state index in [0.29, 0.717) is 0 Å². The van der Waals surface area contributed by atoms with Gasteiger partial charge in [-0.15, -0.1) is 0 Å². The van der Waals surface area contributed by atoms with Crippen molar-refractivity contribution >= 4 is 17.4 Å². The standard InChI is InChI=1S/C23H19N3O2.2H2/c1-16-7-8-18(22-14-24-15-28-22)13-21(16)17-9-11-20(12-10-17)26-23(27)25-19-5-3-2-4-6-19;;/h2-15H,1H3,(H2,25,26,27);2*1H. The molecular formula is C23H23N3O2. The predicted molar refractivity (Wildman–Crippen MR) is 115 cm³/mol. The van der Waals surface area contributed by atoms with Crippen LogP contribution in [0.5, 0.6) is 0 Å². The Kier molecular flexibility index (Phi) is 4.89. The minimum absolute atomic E-state index is 0. The first-order valence-corrected chi connectivity index (χ1v) is 8.92. The molecule has 0 saturated heterocycles. The lowest BCUT2D eigenvalue weighted by atomic mass is 9.97. The third-order valence-electron chi connectivity index (χ3n) is 4.44. The molecule has 1 heterocycles. The van der Waals surface area contributed by atoms with Crippen molar-refractivity contribution in [3.05, 3.63) is 91.0 Å². The van der Waals surface area contributed by atoms with Crippen LogP contribution in [0, 0.1) is 6.92 Å². The highest BCUT2D eigenvalue weighted by Gasteiger charge is 2.08. The molecule has 1 aromatic heterocycles. The maximum atomic E-state index is 12.1. The van der Waals surface area contributed by atoms with Crippen LogP contribution in [0.1, 0.15) is 8.42 Å². The smallest absolute Gasteiger partial charge is 0.323 e. The second-order valence-corrected chi connectivity index (χ2v) is 6.42. The number of carbonyl (C=O) groups is 1. The van der Waals surface area contributed by atoms with Gasteiger partial charge in [0.05, 0.1) is 6.20 Å². The summed E-state index contributed by atoms with van der Waals surface area (Å²) in [5.41, 5.74) is 5.77. The first kappa shape index (κ1) is 17.5. The molecule has 3 aromatic carbocycles. The molecule has 142 valence electrons. The number of benzene rings is 3. The number of oxazole rings is 1.